The fourth-order valence-corrected chi connectivity index (χ4v) is 5.19. The number of hydrogen-bond donors (Lipinski definition) is 2. The molecule has 6 heteroatoms. The maximum Gasteiger partial charge on any atom is 0.229 e. The van der Waals surface area contributed by atoms with Gasteiger partial charge in [-0.2, -0.15) is 0 Å². The number of nitrogens with one attached hydrogen (secondary N) is 2. The van der Waals surface area contributed by atoms with Crippen LogP contribution in [0, 0.1) is 11.8 Å². The Kier molecular flexibility index (Phi) is 10.7. The monoisotopic (exact) mass is 535 g/mol. The summed E-state index contributed by atoms with van der Waals surface area (Å²) in [5.41, 5.74) is 3.66. The largest absolute Gasteiger partial charge is 0.385 e. The minimum Gasteiger partial charge on any atom is -0.385 e. The molecule has 212 valence electrons. The third kappa shape index (κ3) is 8.67. The van der Waals surface area contributed by atoms with Gasteiger partial charge in [0.05, 0.1) is 18.4 Å². The molecule has 39 heavy (non-hydrogen) atoms. The molecule has 0 bridgehead atoms. The molecule has 0 saturated carbocycles. The molecule has 0 aliphatic carbocycles. The highest BCUT2D eigenvalue weighted by Crippen LogP contribution is 2.38. The molecule has 5 nitrogen and oxygen atoms in total. The van der Waals surface area contributed by atoms with Gasteiger partial charge >= 0.3 is 0 Å². The summed E-state index contributed by atoms with van der Waals surface area (Å²) in [5, 5.41) is 6.45. The first kappa shape index (κ1) is 30.4. The van der Waals surface area contributed by atoms with E-state index in [9.17, 15) is 14.0 Å². The number of piperidine rings is 1. The average Bonchev–Trinajstić information content (AvgIpc) is 2.88. The molecule has 0 spiro atoms. The quantitative estimate of drug-likeness (QED) is 0.307. The zero-order valence-corrected chi connectivity index (χ0v) is 24.5. The van der Waals surface area contributed by atoms with Crippen molar-refractivity contribution in [3.63, 3.8) is 0 Å². The van der Waals surface area contributed by atoms with Crippen LogP contribution in [0.25, 0.3) is 0 Å². The highest BCUT2D eigenvalue weighted by Gasteiger charge is 2.40. The molecule has 2 N–H and O–H groups in total. The van der Waals surface area contributed by atoms with Crippen molar-refractivity contribution < 1.29 is 14.0 Å². The number of amides is 2. The lowest BCUT2D eigenvalue weighted by Gasteiger charge is -2.41. The smallest absolute Gasteiger partial charge is 0.229 e. The van der Waals surface area contributed by atoms with E-state index in [4.69, 9.17) is 0 Å². The van der Waals surface area contributed by atoms with E-state index in [1.54, 1.807) is 4.90 Å². The first-order chi connectivity index (χ1) is 18.5. The van der Waals surface area contributed by atoms with E-state index in [0.717, 1.165) is 29.0 Å². The molecule has 1 aliphatic rings. The van der Waals surface area contributed by atoms with Gasteiger partial charge in [-0.1, -0.05) is 71.0 Å². The van der Waals surface area contributed by atoms with Crippen molar-refractivity contribution in [3.8, 4) is 0 Å². The number of hydrogen-bond acceptors (Lipinski definition) is 3. The normalized spacial score (nSPS) is 18.8. The second-order valence-corrected chi connectivity index (χ2v) is 12.0. The number of alkyl halides is 1. The number of rotatable bonds is 10. The predicted octanol–water partition coefficient (Wildman–Crippen LogP) is 7.66. The topological polar surface area (TPSA) is 61.4 Å². The van der Waals surface area contributed by atoms with E-state index < -0.39 is 18.1 Å². The van der Waals surface area contributed by atoms with Crippen molar-refractivity contribution >= 4 is 23.2 Å². The van der Waals surface area contributed by atoms with Crippen LogP contribution in [0.4, 0.5) is 15.8 Å². The predicted molar refractivity (Wildman–Crippen MR) is 160 cm³/mol. The van der Waals surface area contributed by atoms with E-state index in [0.29, 0.717) is 25.3 Å². The third-order valence-electron chi connectivity index (χ3n) is 7.20. The van der Waals surface area contributed by atoms with Gasteiger partial charge in [0.25, 0.3) is 0 Å². The summed E-state index contributed by atoms with van der Waals surface area (Å²) in [6.45, 7) is 13.8. The number of allylic oxidation sites excluding steroid dienone is 2. The van der Waals surface area contributed by atoms with E-state index in [1.807, 2.05) is 75.4 Å². The zero-order chi connectivity index (χ0) is 28.6. The van der Waals surface area contributed by atoms with Crippen molar-refractivity contribution in [2.45, 2.75) is 84.9 Å². The molecule has 2 amide bonds. The van der Waals surface area contributed by atoms with Gasteiger partial charge in [0.15, 0.2) is 0 Å². The first-order valence-corrected chi connectivity index (χ1v) is 14.3. The summed E-state index contributed by atoms with van der Waals surface area (Å²) in [4.78, 5) is 29.0. The number of carbonyl (C=O) groups excluding carboxylic acids is 2. The number of anilines is 2. The van der Waals surface area contributed by atoms with Crippen LogP contribution >= 0.6 is 0 Å². The van der Waals surface area contributed by atoms with Crippen LogP contribution in [0.15, 0.2) is 60.7 Å². The molecule has 1 saturated heterocycles. The molecular formula is C33H46FN3O2. The fraction of sp³-hybridized carbons (Fsp3) is 0.515. The van der Waals surface area contributed by atoms with Crippen LogP contribution in [-0.2, 0) is 15.0 Å². The van der Waals surface area contributed by atoms with Crippen LogP contribution in [0.2, 0.25) is 0 Å². The van der Waals surface area contributed by atoms with E-state index in [1.165, 1.54) is 0 Å². The minimum atomic E-state index is -1.25. The van der Waals surface area contributed by atoms with Gasteiger partial charge in [-0.25, -0.2) is 4.39 Å². The lowest BCUT2D eigenvalue weighted by atomic mass is 9.83. The Morgan fingerprint density at radius 2 is 1.82 bits per heavy atom. The molecule has 2 aromatic rings. The Labute approximate surface area is 234 Å². The molecule has 3 rings (SSSR count). The highest BCUT2D eigenvalue weighted by molar-refractivity contribution is 5.94. The van der Waals surface area contributed by atoms with Crippen molar-refractivity contribution in [2.24, 2.45) is 11.8 Å². The van der Waals surface area contributed by atoms with Gasteiger partial charge in [-0.05, 0) is 72.9 Å². The molecule has 0 radical (unpaired) electrons. The van der Waals surface area contributed by atoms with Crippen LogP contribution < -0.4 is 10.6 Å². The standard InChI is InChI=1S/C33H46FN3O2/c1-7-35-27-16-9-13-24(20-27)31-29(32(39)36-28-17-10-14-25(21-28)33(4,5)6)18-11-19-37(31)30(38)22-26(34)15-8-12-23(2)3/h8-10,12-14,16-17,20-21,23,26,29,31,35H,7,11,15,18-19,22H2,1-6H3,(H,36,39)/b12-8-/t26?,29?,31-/m0/s1. The Morgan fingerprint density at radius 1 is 1.10 bits per heavy atom. The number of benzene rings is 2. The number of halogens is 1. The summed E-state index contributed by atoms with van der Waals surface area (Å²) >= 11 is 0. The lowest BCUT2D eigenvalue weighted by Crippen LogP contribution is -2.47. The Balaban J connectivity index is 1.89. The minimum absolute atomic E-state index is 0.0443. The van der Waals surface area contributed by atoms with Crippen LogP contribution in [0.3, 0.4) is 0 Å². The molecule has 3 atom stereocenters. The second kappa shape index (κ2) is 13.8. The zero-order valence-electron chi connectivity index (χ0n) is 24.5. The summed E-state index contributed by atoms with van der Waals surface area (Å²) in [6, 6.07) is 15.4. The molecule has 0 aromatic heterocycles. The summed E-state index contributed by atoms with van der Waals surface area (Å²) < 4.78 is 14.8. The maximum absolute atomic E-state index is 14.8. The Bertz CT molecular complexity index is 1140. The number of carbonyl (C=O) groups is 2. The van der Waals surface area contributed by atoms with Gasteiger partial charge in [0, 0.05) is 24.5 Å². The third-order valence-corrected chi connectivity index (χ3v) is 7.20. The van der Waals surface area contributed by atoms with E-state index in [-0.39, 0.29) is 30.1 Å². The van der Waals surface area contributed by atoms with Crippen molar-refractivity contribution in [3.05, 3.63) is 71.8 Å². The Morgan fingerprint density at radius 3 is 2.51 bits per heavy atom. The van der Waals surface area contributed by atoms with Crippen LogP contribution in [0.5, 0.6) is 0 Å². The van der Waals surface area contributed by atoms with Gasteiger partial charge in [0.1, 0.15) is 6.17 Å². The molecule has 1 heterocycles. The molecular weight excluding hydrogens is 489 g/mol. The van der Waals surface area contributed by atoms with Gasteiger partial charge in [0.2, 0.25) is 11.8 Å². The van der Waals surface area contributed by atoms with Crippen molar-refractivity contribution in [1.82, 2.24) is 4.90 Å². The van der Waals surface area contributed by atoms with Crippen molar-refractivity contribution in [2.75, 3.05) is 23.7 Å². The molecule has 1 fully saturated rings. The molecule has 2 aromatic carbocycles. The van der Waals surface area contributed by atoms with Crippen LogP contribution in [0.1, 0.15) is 84.4 Å². The highest BCUT2D eigenvalue weighted by atomic mass is 19.1. The van der Waals surface area contributed by atoms with Gasteiger partial charge in [-0.3, -0.25) is 9.59 Å². The average molecular weight is 536 g/mol. The summed E-state index contributed by atoms with van der Waals surface area (Å²) in [6.07, 6.45) is 3.90. The molecule has 2 unspecified atom stereocenters. The van der Waals surface area contributed by atoms with E-state index >= 15 is 0 Å². The second-order valence-electron chi connectivity index (χ2n) is 12.0. The summed E-state index contributed by atoms with van der Waals surface area (Å²) in [5.74, 6) is -0.468. The van der Waals surface area contributed by atoms with Crippen LogP contribution in [-0.4, -0.2) is 36.0 Å². The first-order valence-electron chi connectivity index (χ1n) is 14.3. The fourth-order valence-electron chi connectivity index (χ4n) is 5.19. The maximum atomic E-state index is 14.8. The lowest BCUT2D eigenvalue weighted by molar-refractivity contribution is -0.140. The Hall–Kier alpha value is -3.15. The summed E-state index contributed by atoms with van der Waals surface area (Å²) in [7, 11) is 0. The SMILES string of the molecule is CCNc1cccc([C@H]2C(C(=O)Nc3cccc(C(C)(C)C)c3)CCCN2C(=O)CC(F)C/C=C\C(C)C)c1. The number of likely N-dealkylation sites (tertiary alicyclic amines) is 1. The van der Waals surface area contributed by atoms with Crippen molar-refractivity contribution in [1.29, 1.82) is 0 Å². The van der Waals surface area contributed by atoms with Gasteiger partial charge < -0.3 is 15.5 Å². The van der Waals surface area contributed by atoms with Gasteiger partial charge in [-0.15, -0.1) is 0 Å². The van der Waals surface area contributed by atoms with E-state index in [2.05, 4.69) is 37.5 Å². The number of nitrogens with zero attached hydrogens (tertiary/aromatic N) is 1. The molecule has 1 aliphatic heterocycles.